The molecule has 1 aliphatic heterocycles. The van der Waals surface area contributed by atoms with E-state index in [1.54, 1.807) is 12.1 Å². The minimum atomic E-state index is -3.18. The molecule has 0 radical (unpaired) electrons. The molecule has 1 atom stereocenters. The zero-order valence-electron chi connectivity index (χ0n) is 11.4. The van der Waals surface area contributed by atoms with Crippen LogP contribution in [0.15, 0.2) is 24.3 Å². The summed E-state index contributed by atoms with van der Waals surface area (Å²) in [5.41, 5.74) is 0.923. The molecular formula is C12H17N3O4S. The fraction of sp³-hybridized carbons (Fsp3) is 0.500. The van der Waals surface area contributed by atoms with Crippen molar-refractivity contribution >= 4 is 21.4 Å². The van der Waals surface area contributed by atoms with Gasteiger partial charge in [-0.2, -0.15) is 4.31 Å². The molecule has 0 aliphatic carbocycles. The number of nitrogens with zero attached hydrogens (tertiary/aromatic N) is 3. The number of piperazine rings is 1. The van der Waals surface area contributed by atoms with Crippen molar-refractivity contribution in [1.82, 2.24) is 4.31 Å². The SMILES string of the molecule is CC1CN(c2ccc([N+](=O)[O-])cc2)CCN1S(C)(=O)=O. The highest BCUT2D eigenvalue weighted by Gasteiger charge is 2.29. The van der Waals surface area contributed by atoms with Gasteiger partial charge in [0.15, 0.2) is 0 Å². The van der Waals surface area contributed by atoms with Crippen LogP contribution in [0, 0.1) is 10.1 Å². The van der Waals surface area contributed by atoms with Crippen LogP contribution in [0.25, 0.3) is 0 Å². The molecule has 0 spiro atoms. The Morgan fingerprint density at radius 3 is 2.30 bits per heavy atom. The third-order valence-corrected chi connectivity index (χ3v) is 4.81. The average molecular weight is 299 g/mol. The van der Waals surface area contributed by atoms with E-state index < -0.39 is 14.9 Å². The summed E-state index contributed by atoms with van der Waals surface area (Å²) in [7, 11) is -3.18. The minimum absolute atomic E-state index is 0.0524. The number of rotatable bonds is 3. The Labute approximate surface area is 118 Å². The molecule has 0 N–H and O–H groups in total. The zero-order chi connectivity index (χ0) is 14.9. The van der Waals surface area contributed by atoms with E-state index in [-0.39, 0.29) is 11.7 Å². The number of hydrogen-bond donors (Lipinski definition) is 0. The zero-order valence-corrected chi connectivity index (χ0v) is 12.2. The maximum absolute atomic E-state index is 11.6. The van der Waals surface area contributed by atoms with E-state index in [1.165, 1.54) is 22.7 Å². The molecular weight excluding hydrogens is 282 g/mol. The Hall–Kier alpha value is -1.67. The molecule has 110 valence electrons. The average Bonchev–Trinajstić information content (AvgIpc) is 2.37. The van der Waals surface area contributed by atoms with Crippen molar-refractivity contribution in [2.75, 3.05) is 30.8 Å². The summed E-state index contributed by atoms with van der Waals surface area (Å²) < 4.78 is 24.7. The first-order valence-electron chi connectivity index (χ1n) is 6.25. The van der Waals surface area contributed by atoms with Gasteiger partial charge in [0.05, 0.1) is 11.2 Å². The third-order valence-electron chi connectivity index (χ3n) is 3.42. The molecule has 0 amide bonds. The smallest absolute Gasteiger partial charge is 0.269 e. The monoisotopic (exact) mass is 299 g/mol. The van der Waals surface area contributed by atoms with Crippen molar-refractivity contribution in [2.45, 2.75) is 13.0 Å². The van der Waals surface area contributed by atoms with Gasteiger partial charge in [0.2, 0.25) is 10.0 Å². The molecule has 0 saturated carbocycles. The number of nitro groups is 1. The Kier molecular flexibility index (Phi) is 3.96. The van der Waals surface area contributed by atoms with E-state index in [2.05, 4.69) is 0 Å². The molecule has 2 rings (SSSR count). The first-order chi connectivity index (χ1) is 9.29. The van der Waals surface area contributed by atoms with Crippen molar-refractivity contribution in [2.24, 2.45) is 0 Å². The molecule has 1 aromatic carbocycles. The molecule has 1 aliphatic rings. The molecule has 1 saturated heterocycles. The van der Waals surface area contributed by atoms with Crippen LogP contribution in [-0.4, -0.2) is 49.6 Å². The first-order valence-corrected chi connectivity index (χ1v) is 8.10. The normalized spacial score (nSPS) is 20.9. The summed E-state index contributed by atoms with van der Waals surface area (Å²) in [6.07, 6.45) is 1.21. The summed E-state index contributed by atoms with van der Waals surface area (Å²) in [5.74, 6) is 0. The number of non-ortho nitro benzene ring substituents is 1. The van der Waals surface area contributed by atoms with E-state index >= 15 is 0 Å². The summed E-state index contributed by atoms with van der Waals surface area (Å²) >= 11 is 0. The van der Waals surface area contributed by atoms with Crippen molar-refractivity contribution in [3.8, 4) is 0 Å². The number of nitro benzene ring substituents is 1. The van der Waals surface area contributed by atoms with Gasteiger partial charge in [-0.1, -0.05) is 0 Å². The predicted octanol–water partition coefficient (Wildman–Crippen LogP) is 1.06. The second-order valence-electron chi connectivity index (χ2n) is 4.94. The Balaban J connectivity index is 2.11. The molecule has 0 aromatic heterocycles. The molecule has 1 aromatic rings. The van der Waals surface area contributed by atoms with Crippen LogP contribution in [0.1, 0.15) is 6.92 Å². The van der Waals surface area contributed by atoms with Crippen LogP contribution in [0.3, 0.4) is 0 Å². The molecule has 1 fully saturated rings. The van der Waals surface area contributed by atoms with Crippen molar-refractivity contribution in [1.29, 1.82) is 0 Å². The second-order valence-corrected chi connectivity index (χ2v) is 6.88. The Bertz CT molecular complexity index is 600. The highest BCUT2D eigenvalue weighted by molar-refractivity contribution is 7.88. The molecule has 1 heterocycles. The van der Waals surface area contributed by atoms with Crippen molar-refractivity contribution in [3.63, 3.8) is 0 Å². The van der Waals surface area contributed by atoms with Gasteiger partial charge < -0.3 is 4.90 Å². The highest BCUT2D eigenvalue weighted by Crippen LogP contribution is 2.23. The van der Waals surface area contributed by atoms with E-state index in [4.69, 9.17) is 0 Å². The van der Waals surface area contributed by atoms with Gasteiger partial charge in [-0.25, -0.2) is 8.42 Å². The van der Waals surface area contributed by atoms with Crippen LogP contribution >= 0.6 is 0 Å². The van der Waals surface area contributed by atoms with Gasteiger partial charge in [-0.05, 0) is 19.1 Å². The van der Waals surface area contributed by atoms with Gasteiger partial charge in [-0.15, -0.1) is 0 Å². The lowest BCUT2D eigenvalue weighted by Gasteiger charge is -2.39. The lowest BCUT2D eigenvalue weighted by Crippen LogP contribution is -2.53. The van der Waals surface area contributed by atoms with Gasteiger partial charge in [-0.3, -0.25) is 10.1 Å². The van der Waals surface area contributed by atoms with Crippen LogP contribution in [0.2, 0.25) is 0 Å². The molecule has 1 unspecified atom stereocenters. The topological polar surface area (TPSA) is 83.8 Å². The van der Waals surface area contributed by atoms with Crippen molar-refractivity contribution in [3.05, 3.63) is 34.4 Å². The number of anilines is 1. The first kappa shape index (κ1) is 14.7. The fourth-order valence-corrected chi connectivity index (χ4v) is 3.59. The van der Waals surface area contributed by atoms with Crippen LogP contribution in [0.5, 0.6) is 0 Å². The molecule has 8 heteroatoms. The van der Waals surface area contributed by atoms with E-state index in [1.807, 2.05) is 11.8 Å². The van der Waals surface area contributed by atoms with Crippen LogP contribution < -0.4 is 4.90 Å². The van der Waals surface area contributed by atoms with Gasteiger partial charge in [0.25, 0.3) is 5.69 Å². The maximum atomic E-state index is 11.6. The van der Waals surface area contributed by atoms with Gasteiger partial charge in [0, 0.05) is 43.5 Å². The molecule has 0 bridgehead atoms. The van der Waals surface area contributed by atoms with Gasteiger partial charge in [0.1, 0.15) is 0 Å². The van der Waals surface area contributed by atoms with Crippen molar-refractivity contribution < 1.29 is 13.3 Å². The highest BCUT2D eigenvalue weighted by atomic mass is 32.2. The van der Waals surface area contributed by atoms with Crippen LogP contribution in [-0.2, 0) is 10.0 Å². The largest absolute Gasteiger partial charge is 0.369 e. The van der Waals surface area contributed by atoms with Crippen LogP contribution in [0.4, 0.5) is 11.4 Å². The standard InChI is InChI=1S/C12H17N3O4S/c1-10-9-13(7-8-14(10)20(2,18)19)11-3-5-12(6-4-11)15(16)17/h3-6,10H,7-9H2,1-2H3. The third kappa shape index (κ3) is 3.07. The van der Waals surface area contributed by atoms with E-state index in [0.717, 1.165) is 5.69 Å². The Morgan fingerprint density at radius 2 is 1.85 bits per heavy atom. The lowest BCUT2D eigenvalue weighted by molar-refractivity contribution is -0.384. The fourth-order valence-electron chi connectivity index (χ4n) is 2.45. The van der Waals surface area contributed by atoms with E-state index in [9.17, 15) is 18.5 Å². The maximum Gasteiger partial charge on any atom is 0.269 e. The number of sulfonamides is 1. The summed E-state index contributed by atoms with van der Waals surface area (Å²) in [5, 5.41) is 10.6. The predicted molar refractivity (Wildman–Crippen MR) is 76.3 cm³/mol. The second kappa shape index (κ2) is 5.37. The number of benzene rings is 1. The number of hydrogen-bond acceptors (Lipinski definition) is 5. The lowest BCUT2D eigenvalue weighted by atomic mass is 10.2. The van der Waals surface area contributed by atoms with Gasteiger partial charge >= 0.3 is 0 Å². The summed E-state index contributed by atoms with van der Waals surface area (Å²) in [6, 6.07) is 6.20. The quantitative estimate of drug-likeness (QED) is 0.615. The molecule has 20 heavy (non-hydrogen) atoms. The summed E-state index contributed by atoms with van der Waals surface area (Å²) in [4.78, 5) is 12.2. The molecule has 7 nitrogen and oxygen atoms in total. The summed E-state index contributed by atoms with van der Waals surface area (Å²) in [6.45, 7) is 3.44. The Morgan fingerprint density at radius 1 is 1.25 bits per heavy atom. The minimum Gasteiger partial charge on any atom is -0.369 e. The van der Waals surface area contributed by atoms with E-state index in [0.29, 0.717) is 19.6 Å².